The Morgan fingerprint density at radius 3 is 2.79 bits per heavy atom. The lowest BCUT2D eigenvalue weighted by atomic mass is 10.1. The molecule has 2 aromatic rings. The zero-order valence-corrected chi connectivity index (χ0v) is 15.7. The monoisotopic (exact) mass is 343 g/mol. The van der Waals surface area contributed by atoms with Crippen LogP contribution in [0.2, 0.25) is 0 Å². The first-order chi connectivity index (χ1) is 11.5. The van der Waals surface area contributed by atoms with Crippen molar-refractivity contribution in [1.29, 1.82) is 0 Å². The van der Waals surface area contributed by atoms with Crippen LogP contribution in [0.15, 0.2) is 29.2 Å². The fourth-order valence-electron chi connectivity index (χ4n) is 3.29. The summed E-state index contributed by atoms with van der Waals surface area (Å²) in [7, 11) is 1.96. The fourth-order valence-corrected chi connectivity index (χ4v) is 4.40. The van der Waals surface area contributed by atoms with Gasteiger partial charge in [0.1, 0.15) is 0 Å². The van der Waals surface area contributed by atoms with Crippen LogP contribution < -0.4 is 4.90 Å². The normalized spacial score (nSPS) is 17.5. The van der Waals surface area contributed by atoms with Gasteiger partial charge in [-0.3, -0.25) is 9.48 Å². The number of carbonyl (C=O) groups is 1. The molecule has 3 rings (SSSR count). The van der Waals surface area contributed by atoms with Crippen molar-refractivity contribution in [3.63, 3.8) is 0 Å². The maximum absolute atomic E-state index is 12.9. The van der Waals surface area contributed by atoms with Gasteiger partial charge >= 0.3 is 0 Å². The fraction of sp³-hybridized carbons (Fsp3) is 0.474. The lowest BCUT2D eigenvalue weighted by molar-refractivity contribution is -0.118. The number of carbonyl (C=O) groups excluding carboxylic acids is 1. The summed E-state index contributed by atoms with van der Waals surface area (Å²) < 4.78 is 1.90. The average Bonchev–Trinajstić information content (AvgIpc) is 2.71. The van der Waals surface area contributed by atoms with E-state index >= 15 is 0 Å². The third-order valence-corrected chi connectivity index (χ3v) is 6.03. The molecule has 1 amide bonds. The molecule has 0 saturated carbocycles. The Bertz CT molecular complexity index is 753. The van der Waals surface area contributed by atoms with Gasteiger partial charge in [-0.2, -0.15) is 5.10 Å². The molecule has 0 aliphatic carbocycles. The summed E-state index contributed by atoms with van der Waals surface area (Å²) in [6.07, 6.45) is 2.31. The van der Waals surface area contributed by atoms with Crippen LogP contribution in [0.1, 0.15) is 36.7 Å². The largest absolute Gasteiger partial charge is 0.311 e. The molecule has 1 aromatic heterocycles. The van der Waals surface area contributed by atoms with Gasteiger partial charge in [0.25, 0.3) is 0 Å². The Hall–Kier alpha value is -1.75. The molecule has 0 spiro atoms. The van der Waals surface area contributed by atoms with E-state index in [2.05, 4.69) is 37.1 Å². The minimum Gasteiger partial charge on any atom is -0.311 e. The van der Waals surface area contributed by atoms with Crippen molar-refractivity contribution in [2.45, 2.75) is 50.2 Å². The van der Waals surface area contributed by atoms with E-state index in [1.54, 1.807) is 0 Å². The minimum absolute atomic E-state index is 0.208. The van der Waals surface area contributed by atoms with Crippen molar-refractivity contribution in [2.75, 3.05) is 11.4 Å². The van der Waals surface area contributed by atoms with E-state index in [1.165, 1.54) is 10.5 Å². The highest BCUT2D eigenvalue weighted by Gasteiger charge is 2.24. The van der Waals surface area contributed by atoms with Crippen LogP contribution in [0.3, 0.4) is 0 Å². The van der Waals surface area contributed by atoms with E-state index in [0.29, 0.717) is 11.7 Å². The lowest BCUT2D eigenvalue weighted by Crippen LogP contribution is -2.32. The van der Waals surface area contributed by atoms with Crippen molar-refractivity contribution in [3.8, 4) is 0 Å². The van der Waals surface area contributed by atoms with Crippen LogP contribution in [0, 0.1) is 13.8 Å². The number of fused-ring (bicyclic) bond motifs is 1. The van der Waals surface area contributed by atoms with Crippen LogP contribution in [0.25, 0.3) is 0 Å². The summed E-state index contributed by atoms with van der Waals surface area (Å²) in [5.74, 6) is 0.208. The number of nitrogens with zero attached hydrogens (tertiary/aromatic N) is 3. The molecule has 0 radical (unpaired) electrons. The zero-order valence-electron chi connectivity index (χ0n) is 14.9. The number of rotatable bonds is 3. The number of anilines is 1. The molecule has 0 unspecified atom stereocenters. The number of aryl methyl sites for hydroxylation is 2. The molecule has 4 nitrogen and oxygen atoms in total. The van der Waals surface area contributed by atoms with Crippen LogP contribution >= 0.6 is 11.8 Å². The first kappa shape index (κ1) is 17.1. The maximum atomic E-state index is 12.9. The summed E-state index contributed by atoms with van der Waals surface area (Å²) in [5, 5.41) is 4.98. The third kappa shape index (κ3) is 3.36. The van der Waals surface area contributed by atoms with Gasteiger partial charge in [-0.25, -0.2) is 0 Å². The predicted molar refractivity (Wildman–Crippen MR) is 99.7 cm³/mol. The van der Waals surface area contributed by atoms with E-state index in [-0.39, 0.29) is 5.91 Å². The second-order valence-corrected chi connectivity index (χ2v) is 7.98. The Morgan fingerprint density at radius 2 is 2.08 bits per heavy atom. The van der Waals surface area contributed by atoms with Gasteiger partial charge < -0.3 is 4.90 Å². The first-order valence-electron chi connectivity index (χ1n) is 8.52. The van der Waals surface area contributed by atoms with Gasteiger partial charge in [0, 0.05) is 35.9 Å². The van der Waals surface area contributed by atoms with Crippen LogP contribution in [-0.4, -0.2) is 27.5 Å². The highest BCUT2D eigenvalue weighted by molar-refractivity contribution is 8.00. The maximum Gasteiger partial charge on any atom is 0.227 e. The number of thioether (sulfide) groups is 1. The number of para-hydroxylation sites is 1. The van der Waals surface area contributed by atoms with Gasteiger partial charge in [-0.05, 0) is 44.4 Å². The van der Waals surface area contributed by atoms with Crippen molar-refractivity contribution in [1.82, 2.24) is 9.78 Å². The van der Waals surface area contributed by atoms with Gasteiger partial charge in [-0.15, -0.1) is 11.8 Å². The number of benzene rings is 1. The van der Waals surface area contributed by atoms with Gasteiger partial charge in [0.05, 0.1) is 11.4 Å². The molecule has 24 heavy (non-hydrogen) atoms. The summed E-state index contributed by atoms with van der Waals surface area (Å²) in [4.78, 5) is 16.1. The van der Waals surface area contributed by atoms with Crippen LogP contribution in [-0.2, 0) is 18.3 Å². The molecule has 0 bridgehead atoms. The highest BCUT2D eigenvalue weighted by atomic mass is 32.2. The molecule has 0 fully saturated rings. The van der Waals surface area contributed by atoms with E-state index in [4.69, 9.17) is 0 Å². The Balaban J connectivity index is 1.77. The van der Waals surface area contributed by atoms with Crippen molar-refractivity contribution in [2.24, 2.45) is 7.05 Å². The van der Waals surface area contributed by atoms with Crippen LogP contribution in [0.4, 0.5) is 5.69 Å². The average molecular weight is 343 g/mol. The van der Waals surface area contributed by atoms with Crippen molar-refractivity contribution >= 4 is 23.4 Å². The van der Waals surface area contributed by atoms with Gasteiger partial charge in [0.15, 0.2) is 0 Å². The molecule has 1 atom stereocenters. The summed E-state index contributed by atoms with van der Waals surface area (Å²) in [6.45, 7) is 7.12. The zero-order chi connectivity index (χ0) is 17.3. The molecule has 1 aromatic carbocycles. The molecule has 1 aliphatic rings. The number of hydrogen-bond acceptors (Lipinski definition) is 3. The topological polar surface area (TPSA) is 38.1 Å². The highest BCUT2D eigenvalue weighted by Crippen LogP contribution is 2.37. The summed E-state index contributed by atoms with van der Waals surface area (Å²) in [5.41, 5.74) is 4.46. The van der Waals surface area contributed by atoms with E-state index in [0.717, 1.165) is 36.5 Å². The Labute approximate surface area is 148 Å². The number of hydrogen-bond donors (Lipinski definition) is 0. The van der Waals surface area contributed by atoms with E-state index in [9.17, 15) is 4.79 Å². The molecule has 0 N–H and O–H groups in total. The van der Waals surface area contributed by atoms with Crippen molar-refractivity contribution in [3.05, 3.63) is 41.2 Å². The predicted octanol–water partition coefficient (Wildman–Crippen LogP) is 3.89. The van der Waals surface area contributed by atoms with Gasteiger partial charge in [-0.1, -0.05) is 19.1 Å². The summed E-state index contributed by atoms with van der Waals surface area (Å²) >= 11 is 1.87. The first-order valence-corrected chi connectivity index (χ1v) is 9.40. The molecular formula is C19H25N3OS. The minimum atomic E-state index is 0.208. The second kappa shape index (κ2) is 7.01. The van der Waals surface area contributed by atoms with E-state index < -0.39 is 0 Å². The molecule has 2 heterocycles. The third-order valence-electron chi connectivity index (χ3n) is 4.79. The van der Waals surface area contributed by atoms with Crippen molar-refractivity contribution < 1.29 is 4.79 Å². The molecular weight excluding hydrogens is 318 g/mol. The SMILES string of the molecule is Cc1nn(C)c(C)c1CCC(=O)N1CC[C@H](C)Sc2ccccc21. The Morgan fingerprint density at radius 1 is 1.33 bits per heavy atom. The Kier molecular flexibility index (Phi) is 4.99. The smallest absolute Gasteiger partial charge is 0.227 e. The molecule has 128 valence electrons. The molecule has 5 heteroatoms. The van der Waals surface area contributed by atoms with Gasteiger partial charge in [0.2, 0.25) is 5.91 Å². The summed E-state index contributed by atoms with van der Waals surface area (Å²) in [6, 6.07) is 8.26. The number of amides is 1. The van der Waals surface area contributed by atoms with Crippen LogP contribution in [0.5, 0.6) is 0 Å². The lowest BCUT2D eigenvalue weighted by Gasteiger charge is -2.22. The van der Waals surface area contributed by atoms with E-state index in [1.807, 2.05) is 41.4 Å². The second-order valence-electron chi connectivity index (χ2n) is 6.50. The number of aromatic nitrogens is 2. The molecule has 0 saturated heterocycles. The quantitative estimate of drug-likeness (QED) is 0.849. The molecule has 1 aliphatic heterocycles. The standard InChI is InChI=1S/C19H25N3OS/c1-13-11-12-22(17-7-5-6-8-18(17)24-13)19(23)10-9-16-14(2)20-21(4)15(16)3/h5-8,13H,9-12H2,1-4H3/t13-/m0/s1.